The maximum absolute atomic E-state index is 12.7. The number of carbonyl (C=O) groups is 1. The fourth-order valence-electron chi connectivity index (χ4n) is 1.27. The maximum Gasteiger partial charge on any atom is 0.417 e. The second-order valence-electron chi connectivity index (χ2n) is 3.26. The molecule has 0 saturated carbocycles. The van der Waals surface area contributed by atoms with Crippen LogP contribution in [0.15, 0.2) is 12.1 Å². The number of halogens is 6. The summed E-state index contributed by atoms with van der Waals surface area (Å²) >= 11 is 1.52. The summed E-state index contributed by atoms with van der Waals surface area (Å²) in [5.41, 5.74) is -1.86. The minimum atomic E-state index is -4.81. The van der Waals surface area contributed by atoms with Crippen LogP contribution in [0.25, 0.3) is 0 Å². The van der Waals surface area contributed by atoms with Crippen molar-refractivity contribution in [1.82, 2.24) is 0 Å². The van der Waals surface area contributed by atoms with E-state index in [0.29, 0.717) is 6.07 Å². The van der Waals surface area contributed by atoms with Crippen LogP contribution in [0.4, 0.5) is 22.0 Å². The minimum Gasteiger partial charge on any atom is -0.434 e. The van der Waals surface area contributed by atoms with Crippen LogP contribution in [-0.2, 0) is 6.18 Å². The summed E-state index contributed by atoms with van der Waals surface area (Å²) in [4.78, 5) is 11.1. The number of hydrogen-bond acceptors (Lipinski definition) is 2. The Balaban J connectivity index is 3.41. The lowest BCUT2D eigenvalue weighted by Gasteiger charge is -2.14. The van der Waals surface area contributed by atoms with Crippen LogP contribution < -0.4 is 4.74 Å². The van der Waals surface area contributed by atoms with Gasteiger partial charge in [0.1, 0.15) is 5.75 Å². The quantitative estimate of drug-likeness (QED) is 0.448. The molecule has 0 aliphatic rings. The first-order valence-corrected chi connectivity index (χ1v) is 5.57. The molecule has 0 N–H and O–H groups in total. The molecule has 0 fully saturated rings. The highest BCUT2D eigenvalue weighted by molar-refractivity contribution is 14.1. The highest BCUT2D eigenvalue weighted by atomic mass is 127. The van der Waals surface area contributed by atoms with E-state index in [1.807, 2.05) is 0 Å². The lowest BCUT2D eigenvalue weighted by molar-refractivity contribution is -0.138. The van der Waals surface area contributed by atoms with Crippen LogP contribution in [0.1, 0.15) is 22.8 Å². The van der Waals surface area contributed by atoms with Crippen molar-refractivity contribution in [2.24, 2.45) is 0 Å². The molecule has 2 nitrogen and oxygen atoms in total. The molecule has 100 valence electrons. The van der Waals surface area contributed by atoms with Crippen molar-refractivity contribution in [3.63, 3.8) is 0 Å². The third-order valence-corrected chi connectivity index (χ3v) is 2.82. The zero-order valence-corrected chi connectivity index (χ0v) is 11.0. The summed E-state index contributed by atoms with van der Waals surface area (Å²) in [5.74, 6) is -1.41. The Labute approximate surface area is 112 Å². The van der Waals surface area contributed by atoms with Gasteiger partial charge in [0, 0.05) is 5.56 Å². The molecule has 0 aromatic heterocycles. The predicted octanol–water partition coefficient (Wildman–Crippen LogP) is 4.11. The first-order valence-electron chi connectivity index (χ1n) is 4.49. The number of carbonyl (C=O) groups excluding carboxylic acids is 1. The normalized spacial score (nSPS) is 11.8. The molecule has 1 rings (SSSR count). The Kier molecular flexibility index (Phi) is 4.51. The van der Waals surface area contributed by atoms with Crippen molar-refractivity contribution in [3.8, 4) is 5.75 Å². The van der Waals surface area contributed by atoms with E-state index in [4.69, 9.17) is 0 Å². The van der Waals surface area contributed by atoms with E-state index >= 15 is 0 Å². The smallest absolute Gasteiger partial charge is 0.417 e. The first kappa shape index (κ1) is 15.1. The van der Waals surface area contributed by atoms with Gasteiger partial charge >= 0.3 is 12.8 Å². The summed E-state index contributed by atoms with van der Waals surface area (Å²) in [6.45, 7) is -2.27. The highest BCUT2D eigenvalue weighted by Gasteiger charge is 2.35. The molecule has 0 aliphatic carbocycles. The average molecular weight is 380 g/mol. The summed E-state index contributed by atoms with van der Waals surface area (Å²) < 4.78 is 66.0. The van der Waals surface area contributed by atoms with Crippen LogP contribution in [0.5, 0.6) is 5.75 Å². The summed E-state index contributed by atoms with van der Waals surface area (Å²) in [6.07, 6.45) is -4.81. The molecule has 1 aromatic carbocycles. The molecule has 0 spiro atoms. The molecule has 0 amide bonds. The molecular formula is C10H6F5IO2. The second-order valence-corrected chi connectivity index (χ2v) is 4.42. The van der Waals surface area contributed by atoms with Gasteiger partial charge in [0.2, 0.25) is 0 Å². The van der Waals surface area contributed by atoms with Crippen LogP contribution in [0.3, 0.4) is 0 Å². The number of alkyl halides is 5. The van der Waals surface area contributed by atoms with Crippen molar-refractivity contribution in [2.75, 3.05) is 0 Å². The fraction of sp³-hybridized carbons (Fsp3) is 0.300. The van der Waals surface area contributed by atoms with Gasteiger partial charge in [-0.3, -0.25) is 4.79 Å². The third kappa shape index (κ3) is 3.53. The van der Waals surface area contributed by atoms with Gasteiger partial charge in [0.15, 0.2) is 5.78 Å². The van der Waals surface area contributed by atoms with Crippen LogP contribution in [0.2, 0.25) is 0 Å². The van der Waals surface area contributed by atoms with Crippen molar-refractivity contribution < 1.29 is 31.5 Å². The van der Waals surface area contributed by atoms with Gasteiger partial charge in [-0.2, -0.15) is 22.0 Å². The van der Waals surface area contributed by atoms with Gasteiger partial charge in [-0.15, -0.1) is 0 Å². The highest BCUT2D eigenvalue weighted by Crippen LogP contribution is 2.37. The first-order chi connectivity index (χ1) is 8.12. The molecular weight excluding hydrogens is 374 g/mol. The Morgan fingerprint density at radius 2 is 1.89 bits per heavy atom. The maximum atomic E-state index is 12.7. The van der Waals surface area contributed by atoms with E-state index in [0.717, 1.165) is 13.0 Å². The number of ketones is 1. The monoisotopic (exact) mass is 380 g/mol. The molecule has 0 aliphatic heterocycles. The average Bonchev–Trinajstić information content (AvgIpc) is 2.17. The van der Waals surface area contributed by atoms with E-state index in [9.17, 15) is 26.7 Å². The van der Waals surface area contributed by atoms with E-state index in [1.54, 1.807) is 0 Å². The van der Waals surface area contributed by atoms with Gasteiger partial charge in [0.05, 0.1) is 9.13 Å². The van der Waals surface area contributed by atoms with Crippen molar-refractivity contribution in [1.29, 1.82) is 0 Å². The van der Waals surface area contributed by atoms with Crippen LogP contribution >= 0.6 is 22.6 Å². The summed E-state index contributed by atoms with van der Waals surface area (Å²) in [5, 5.41) is 0. The number of rotatable bonds is 3. The molecule has 0 bridgehead atoms. The number of hydrogen-bond donors (Lipinski definition) is 0. The molecule has 1 aromatic rings. The fourth-order valence-corrected chi connectivity index (χ4v) is 1.86. The van der Waals surface area contributed by atoms with Gasteiger partial charge in [-0.05, 0) is 41.6 Å². The van der Waals surface area contributed by atoms with Crippen LogP contribution in [-0.4, -0.2) is 12.4 Å². The minimum absolute atomic E-state index is 0.00565. The third-order valence-electron chi connectivity index (χ3n) is 1.97. The largest absolute Gasteiger partial charge is 0.434 e. The summed E-state index contributed by atoms with van der Waals surface area (Å²) in [7, 11) is 0. The van der Waals surface area contributed by atoms with Crippen LogP contribution in [0, 0.1) is 3.57 Å². The van der Waals surface area contributed by atoms with Gasteiger partial charge in [-0.25, -0.2) is 0 Å². The van der Waals surface area contributed by atoms with E-state index in [-0.39, 0.29) is 3.57 Å². The Hall–Kier alpha value is -0.930. The molecule has 0 unspecified atom stereocenters. The molecule has 0 heterocycles. The number of Topliss-reactive ketones (excluding diaryl/α,β-unsaturated/α-hetero) is 1. The topological polar surface area (TPSA) is 26.3 Å². The second kappa shape index (κ2) is 5.37. The number of benzene rings is 1. The van der Waals surface area contributed by atoms with Gasteiger partial charge in [0.25, 0.3) is 0 Å². The number of ether oxygens (including phenoxy) is 1. The molecule has 18 heavy (non-hydrogen) atoms. The van der Waals surface area contributed by atoms with E-state index < -0.39 is 35.4 Å². The molecule has 0 atom stereocenters. The zero-order valence-electron chi connectivity index (χ0n) is 8.82. The van der Waals surface area contributed by atoms with Crippen molar-refractivity contribution >= 4 is 28.4 Å². The zero-order chi connectivity index (χ0) is 14.1. The summed E-state index contributed by atoms with van der Waals surface area (Å²) in [6, 6.07) is 1.29. The predicted molar refractivity (Wildman–Crippen MR) is 60.8 cm³/mol. The Bertz CT molecular complexity index is 470. The molecule has 0 saturated heterocycles. The van der Waals surface area contributed by atoms with Crippen molar-refractivity contribution in [2.45, 2.75) is 19.7 Å². The molecule has 0 radical (unpaired) electrons. The van der Waals surface area contributed by atoms with E-state index in [1.165, 1.54) is 22.6 Å². The Morgan fingerprint density at radius 1 is 1.33 bits per heavy atom. The lowest BCUT2D eigenvalue weighted by atomic mass is 10.0. The SMILES string of the molecule is CC(=O)c1cc(I)c(OC(F)F)cc1C(F)(F)F. The molecule has 8 heteroatoms. The van der Waals surface area contributed by atoms with Crippen molar-refractivity contribution in [3.05, 3.63) is 26.8 Å². The van der Waals surface area contributed by atoms with Gasteiger partial charge < -0.3 is 4.74 Å². The van der Waals surface area contributed by atoms with Gasteiger partial charge in [-0.1, -0.05) is 0 Å². The Morgan fingerprint density at radius 3 is 2.28 bits per heavy atom. The standard InChI is InChI=1S/C10H6F5IO2/c1-4(17)5-2-7(16)8(18-9(11)12)3-6(5)10(13,14)15/h2-3,9H,1H3. The lowest BCUT2D eigenvalue weighted by Crippen LogP contribution is -2.14. The van der Waals surface area contributed by atoms with E-state index in [2.05, 4.69) is 4.74 Å².